The second kappa shape index (κ2) is 37.3. The van der Waals surface area contributed by atoms with Gasteiger partial charge in [-0.2, -0.15) is 4.98 Å². The monoisotopic (exact) mass is 991 g/mol. The first-order valence-electron chi connectivity index (χ1n) is 24.0. The first kappa shape index (κ1) is 62.4. The molecular weight excluding hydrogens is 912 g/mol. The molecule has 1 aromatic rings. The van der Waals surface area contributed by atoms with Crippen molar-refractivity contribution in [1.29, 1.82) is 0 Å². The molecule has 2 rings (SSSR count). The normalized spacial score (nSPS) is 19.5. The molecule has 21 heteroatoms. The summed E-state index contributed by atoms with van der Waals surface area (Å²) in [7, 11) is -11.1. The molecule has 2 heterocycles. The third kappa shape index (κ3) is 29.9. The Morgan fingerprint density at radius 1 is 0.738 bits per heavy atom. The van der Waals surface area contributed by atoms with Crippen molar-refractivity contribution in [1.82, 2.24) is 9.55 Å². The number of ether oxygens (including phenoxy) is 3. The zero-order valence-electron chi connectivity index (χ0n) is 39.6. The van der Waals surface area contributed by atoms with E-state index in [0.717, 1.165) is 62.1 Å². The number of nitrogen functional groups attached to an aromatic ring is 1. The van der Waals surface area contributed by atoms with Gasteiger partial charge in [-0.15, -0.1) is 0 Å². The van der Waals surface area contributed by atoms with Gasteiger partial charge in [-0.05, 0) is 18.9 Å². The van der Waals surface area contributed by atoms with Gasteiger partial charge in [-0.25, -0.2) is 13.7 Å². The van der Waals surface area contributed by atoms with Crippen LogP contribution in [0.2, 0.25) is 0 Å². The first-order chi connectivity index (χ1) is 30.7. The number of unbranched alkanes of at least 4 members (excludes halogenated alkanes) is 24. The van der Waals surface area contributed by atoms with Crippen molar-refractivity contribution < 1.29 is 118 Å². The summed E-state index contributed by atoms with van der Waals surface area (Å²) in [4.78, 5) is 64.0. The maximum Gasteiger partial charge on any atom is 1.00 e. The molecule has 7 atom stereocenters. The minimum Gasteiger partial charge on any atom is -0.756 e. The Hall–Kier alpha value is -0.604. The summed E-state index contributed by atoms with van der Waals surface area (Å²) in [5.74, 6) is -1.32. The fourth-order valence-corrected chi connectivity index (χ4v) is 9.50. The summed E-state index contributed by atoms with van der Waals surface area (Å²) >= 11 is 0. The molecule has 0 aliphatic carbocycles. The van der Waals surface area contributed by atoms with E-state index in [-0.39, 0.29) is 70.0 Å². The van der Waals surface area contributed by atoms with Crippen molar-refractivity contribution in [3.63, 3.8) is 0 Å². The van der Waals surface area contributed by atoms with Crippen LogP contribution in [0.4, 0.5) is 5.82 Å². The third-order valence-electron chi connectivity index (χ3n) is 11.2. The van der Waals surface area contributed by atoms with E-state index in [2.05, 4.69) is 23.1 Å². The Morgan fingerprint density at radius 2 is 1.18 bits per heavy atom. The van der Waals surface area contributed by atoms with Crippen molar-refractivity contribution in [2.75, 3.05) is 25.6 Å². The molecule has 0 amide bonds. The Bertz CT molecular complexity index is 1580. The van der Waals surface area contributed by atoms with Gasteiger partial charge in [0.1, 0.15) is 30.7 Å². The number of hydrogen-bond acceptors (Lipinski definition) is 16. The Balaban J connectivity index is 0.0000211. The van der Waals surface area contributed by atoms with E-state index >= 15 is 0 Å². The molecule has 1 fully saturated rings. The van der Waals surface area contributed by atoms with Crippen molar-refractivity contribution in [2.45, 2.75) is 224 Å². The fourth-order valence-electron chi connectivity index (χ4n) is 7.43. The van der Waals surface area contributed by atoms with E-state index in [4.69, 9.17) is 29.0 Å². The minimum atomic E-state index is -5.65. The molecule has 0 bridgehead atoms. The molecule has 372 valence electrons. The van der Waals surface area contributed by atoms with Gasteiger partial charge in [-0.3, -0.25) is 23.2 Å². The summed E-state index contributed by atoms with van der Waals surface area (Å²) in [6.07, 6.45) is 23.0. The summed E-state index contributed by atoms with van der Waals surface area (Å²) < 4.78 is 56.2. The number of rotatable bonds is 40. The van der Waals surface area contributed by atoms with Crippen LogP contribution in [0.1, 0.15) is 200 Å². The molecule has 0 aromatic carbocycles. The van der Waals surface area contributed by atoms with Crippen LogP contribution in [0, 0.1) is 0 Å². The average Bonchev–Trinajstić information content (AvgIpc) is 3.52. The van der Waals surface area contributed by atoms with Crippen LogP contribution in [0.5, 0.6) is 0 Å². The number of nitrogens with two attached hydrogens (primary N) is 1. The number of phosphoric acid groups is 2. The number of aliphatic hydroxyl groups excluding tert-OH is 2. The zero-order valence-corrected chi connectivity index (χ0v) is 44.5. The fraction of sp³-hybridized carbons (Fsp3) is 0.864. The second-order valence-electron chi connectivity index (χ2n) is 17.0. The van der Waals surface area contributed by atoms with Crippen LogP contribution in [-0.4, -0.2) is 80.8 Å². The van der Waals surface area contributed by atoms with Crippen LogP contribution in [0.25, 0.3) is 0 Å². The summed E-state index contributed by atoms with van der Waals surface area (Å²) in [5.41, 5.74) is 4.57. The molecule has 0 spiro atoms. The molecule has 3 unspecified atom stereocenters. The average molecular weight is 992 g/mol. The predicted molar refractivity (Wildman–Crippen MR) is 241 cm³/mol. The molecule has 65 heavy (non-hydrogen) atoms. The Kier molecular flexibility index (Phi) is 35.8. The van der Waals surface area contributed by atoms with E-state index < -0.39 is 83.7 Å². The van der Waals surface area contributed by atoms with Gasteiger partial charge in [0.15, 0.2) is 12.3 Å². The van der Waals surface area contributed by atoms with Gasteiger partial charge in [0, 0.05) is 19.0 Å². The number of aromatic nitrogens is 2. The molecule has 1 aliphatic rings. The minimum absolute atomic E-state index is 0. The number of anilines is 1. The Labute approximate surface area is 429 Å². The number of nitrogens with zero attached hydrogens (tertiary/aromatic N) is 2. The van der Waals surface area contributed by atoms with Gasteiger partial charge in [0.05, 0.1) is 13.2 Å². The molecule has 1 aliphatic heterocycles. The molecule has 18 nitrogen and oxygen atoms in total. The Morgan fingerprint density at radius 3 is 1.65 bits per heavy atom. The molecule has 1 aromatic heterocycles. The topological polar surface area (TPSA) is 268 Å². The van der Waals surface area contributed by atoms with Gasteiger partial charge < -0.3 is 44.5 Å². The van der Waals surface area contributed by atoms with Gasteiger partial charge in [-0.1, -0.05) is 168 Å². The molecule has 0 radical (unpaired) electrons. The predicted octanol–water partition coefficient (Wildman–Crippen LogP) is 5.48. The third-order valence-corrected chi connectivity index (χ3v) is 13.7. The number of aliphatic hydroxyl groups is 2. The van der Waals surface area contributed by atoms with Crippen molar-refractivity contribution in [3.8, 4) is 0 Å². The quantitative estimate of drug-likeness (QED) is 0.0274. The standard InChI is InChI=1S/C44H81N3O15P2.K/c1-3-5-7-9-11-13-15-17-19-21-23-25-27-29-39(48)57-33-36(60-40(49)30-28-26-24-22-20-18-16-14-12-10-8-6-4-2)34-58-63(53,54)62-64(55,56)59-35-37-41(50)42(51)43(61-37)47-32-31-38(45)46-44(47)52;/h31-32,36-37,41-43,50-51H,3-30,33-35H2,1-2H3,(H,53,54)(H,55,56)(H2,45,46,52);/q;+1/p-1/t36?,37-,41-,42-,43-;/m1./s1. The molecule has 0 saturated carbocycles. The van der Waals surface area contributed by atoms with Gasteiger partial charge in [0.25, 0.3) is 7.82 Å². The first-order valence-corrected chi connectivity index (χ1v) is 27.0. The van der Waals surface area contributed by atoms with Crippen molar-refractivity contribution in [3.05, 3.63) is 22.7 Å². The SMILES string of the molecule is CCCCCCCCCCCCCCCC(=O)OCC(COP(=O)([O-])OP(=O)(O)OC[C@H]1O[C@@H](n2ccc(N)nc2=O)[C@H](O)[C@@H]1O)OC(=O)CCCCCCCCCCCCCCC.[K+]. The van der Waals surface area contributed by atoms with E-state index in [0.29, 0.717) is 12.8 Å². The van der Waals surface area contributed by atoms with E-state index in [1.54, 1.807) is 0 Å². The number of phosphoric ester groups is 2. The smallest absolute Gasteiger partial charge is 0.756 e. The van der Waals surface area contributed by atoms with E-state index in [1.165, 1.54) is 109 Å². The number of carbonyl (C=O) groups is 2. The van der Waals surface area contributed by atoms with E-state index in [9.17, 15) is 43.5 Å². The van der Waals surface area contributed by atoms with Crippen LogP contribution >= 0.6 is 15.6 Å². The second-order valence-corrected chi connectivity index (χ2v) is 20.0. The van der Waals surface area contributed by atoms with Crippen LogP contribution in [-0.2, 0) is 46.3 Å². The summed E-state index contributed by atoms with van der Waals surface area (Å²) in [6.45, 7) is 2.04. The summed E-state index contributed by atoms with van der Waals surface area (Å²) in [6, 6.07) is 1.24. The van der Waals surface area contributed by atoms with Crippen LogP contribution < -0.4 is 67.7 Å². The van der Waals surface area contributed by atoms with Crippen LogP contribution in [0.15, 0.2) is 17.1 Å². The number of carbonyl (C=O) groups excluding carboxylic acids is 2. The van der Waals surface area contributed by atoms with Crippen LogP contribution in [0.3, 0.4) is 0 Å². The van der Waals surface area contributed by atoms with Gasteiger partial charge in [0.2, 0.25) is 0 Å². The molecule has 1 saturated heterocycles. The van der Waals surface area contributed by atoms with E-state index in [1.807, 2.05) is 0 Å². The maximum atomic E-state index is 12.8. The van der Waals surface area contributed by atoms with Crippen molar-refractivity contribution in [2.24, 2.45) is 0 Å². The summed E-state index contributed by atoms with van der Waals surface area (Å²) in [5, 5.41) is 20.8. The molecule has 5 N–H and O–H groups in total. The number of hydrogen-bond donors (Lipinski definition) is 4. The maximum absolute atomic E-state index is 12.8. The van der Waals surface area contributed by atoms with Gasteiger partial charge >= 0.3 is 76.8 Å². The largest absolute Gasteiger partial charge is 1.00 e. The van der Waals surface area contributed by atoms with Crippen molar-refractivity contribution >= 4 is 33.4 Å². The zero-order chi connectivity index (χ0) is 47.1. The number of esters is 2. The molecular formula is C44H80KN3O15P2.